The maximum absolute atomic E-state index is 11.4. The van der Waals surface area contributed by atoms with Gasteiger partial charge in [0.2, 0.25) is 17.5 Å². The molecule has 38 heavy (non-hydrogen) atoms. The van der Waals surface area contributed by atoms with Crippen molar-refractivity contribution in [1.29, 1.82) is 0 Å². The number of fused-ring (bicyclic) bond motifs is 1. The molecule has 1 saturated carbocycles. The van der Waals surface area contributed by atoms with Crippen molar-refractivity contribution in [2.24, 2.45) is 0 Å². The minimum Gasteiger partial charge on any atom is -0.480 e. The van der Waals surface area contributed by atoms with Crippen LogP contribution in [0.25, 0.3) is 33.6 Å². The summed E-state index contributed by atoms with van der Waals surface area (Å²) in [5.41, 5.74) is 3.47. The molecule has 2 fully saturated rings. The number of aliphatic hydroxyl groups is 1. The molecule has 3 heterocycles. The molecule has 4 aromatic rings. The molecule has 6 rings (SSSR count). The predicted molar refractivity (Wildman–Crippen MR) is 143 cm³/mol. The third-order valence-electron chi connectivity index (χ3n) is 7.76. The third kappa shape index (κ3) is 4.22. The number of nitrogens with zero attached hydrogens (tertiary/aromatic N) is 3. The van der Waals surface area contributed by atoms with Crippen LogP contribution >= 0.6 is 0 Å². The maximum Gasteiger partial charge on any atom is 0.405 e. The molecule has 2 aromatic carbocycles. The summed E-state index contributed by atoms with van der Waals surface area (Å²) in [5, 5.41) is 22.7. The second-order valence-electron chi connectivity index (χ2n) is 10.0. The van der Waals surface area contributed by atoms with E-state index in [-0.39, 0.29) is 6.10 Å². The van der Waals surface area contributed by atoms with Gasteiger partial charge in [-0.1, -0.05) is 54.6 Å². The van der Waals surface area contributed by atoms with E-state index < -0.39 is 11.6 Å². The Balaban J connectivity index is 1.47. The summed E-state index contributed by atoms with van der Waals surface area (Å²) in [5.74, 6) is 1.59. The summed E-state index contributed by atoms with van der Waals surface area (Å²) >= 11 is 0. The number of furan rings is 1. The van der Waals surface area contributed by atoms with Crippen molar-refractivity contribution in [3.63, 3.8) is 0 Å². The molecule has 1 aliphatic carbocycles. The van der Waals surface area contributed by atoms with E-state index in [1.54, 1.807) is 7.11 Å². The van der Waals surface area contributed by atoms with Gasteiger partial charge < -0.3 is 29.6 Å². The van der Waals surface area contributed by atoms with Crippen LogP contribution < -0.4 is 15.0 Å². The second kappa shape index (κ2) is 9.64. The number of hydrogen-bond donors (Lipinski definition) is 3. The van der Waals surface area contributed by atoms with Crippen molar-refractivity contribution in [2.45, 2.75) is 43.7 Å². The van der Waals surface area contributed by atoms with Crippen molar-refractivity contribution in [1.82, 2.24) is 15.3 Å². The molecule has 0 atom stereocenters. The van der Waals surface area contributed by atoms with Crippen LogP contribution in [0.3, 0.4) is 0 Å². The number of aliphatic hydroxyl groups excluding tert-OH is 1. The standard InChI is InChI=1S/C29H30N4O5/c1-37-25-23-22(18-6-3-2-4-7-18)24(38-26(23)31-27(30-25)33-16-12-21(34)13-17-33)19-8-10-20(11-9-19)29(14-5-15-29)32-28(35)36/h2-4,6-11,21,32,34H,5,12-17H2,1H3,(H,35,36). The first-order valence-electron chi connectivity index (χ1n) is 13.0. The molecule has 0 bridgehead atoms. The molecule has 9 heteroatoms. The van der Waals surface area contributed by atoms with Crippen LogP contribution in [0, 0.1) is 0 Å². The van der Waals surface area contributed by atoms with E-state index in [0.717, 1.165) is 41.5 Å². The van der Waals surface area contributed by atoms with Gasteiger partial charge in [-0.15, -0.1) is 0 Å². The fourth-order valence-electron chi connectivity index (χ4n) is 5.56. The summed E-state index contributed by atoms with van der Waals surface area (Å²) in [6.07, 6.45) is 2.55. The summed E-state index contributed by atoms with van der Waals surface area (Å²) in [7, 11) is 1.59. The van der Waals surface area contributed by atoms with Crippen molar-refractivity contribution in [2.75, 3.05) is 25.1 Å². The highest BCUT2D eigenvalue weighted by Gasteiger charge is 2.40. The van der Waals surface area contributed by atoms with E-state index in [0.29, 0.717) is 54.6 Å². The van der Waals surface area contributed by atoms with E-state index >= 15 is 0 Å². The highest BCUT2D eigenvalue weighted by Crippen LogP contribution is 2.46. The molecular formula is C29H30N4O5. The number of carbonyl (C=O) groups is 1. The minimum atomic E-state index is -1.01. The Kier molecular flexibility index (Phi) is 6.15. The largest absolute Gasteiger partial charge is 0.480 e. The van der Waals surface area contributed by atoms with Crippen LogP contribution in [0.15, 0.2) is 59.0 Å². The number of hydrogen-bond acceptors (Lipinski definition) is 7. The molecule has 0 spiro atoms. The van der Waals surface area contributed by atoms with E-state index in [1.165, 1.54) is 0 Å². The lowest BCUT2D eigenvalue weighted by Gasteiger charge is -2.42. The lowest BCUT2D eigenvalue weighted by molar-refractivity contribution is 0.144. The Morgan fingerprint density at radius 3 is 2.37 bits per heavy atom. The van der Waals surface area contributed by atoms with Gasteiger partial charge in [-0.25, -0.2) is 4.79 Å². The van der Waals surface area contributed by atoms with E-state index in [1.807, 2.05) is 59.5 Å². The summed E-state index contributed by atoms with van der Waals surface area (Å²) in [6.45, 7) is 1.31. The molecular weight excluding hydrogens is 484 g/mol. The number of amides is 1. The molecule has 196 valence electrons. The molecule has 1 amide bonds. The van der Waals surface area contributed by atoms with E-state index in [2.05, 4.69) is 5.32 Å². The lowest BCUT2D eigenvalue weighted by atomic mass is 9.72. The third-order valence-corrected chi connectivity index (χ3v) is 7.76. The van der Waals surface area contributed by atoms with Gasteiger partial charge in [0.25, 0.3) is 0 Å². The van der Waals surface area contributed by atoms with Crippen molar-refractivity contribution >= 4 is 23.1 Å². The second-order valence-corrected chi connectivity index (χ2v) is 10.0. The zero-order valence-electron chi connectivity index (χ0n) is 21.2. The number of benzene rings is 2. The first-order chi connectivity index (χ1) is 18.5. The van der Waals surface area contributed by atoms with Crippen molar-refractivity contribution < 1.29 is 24.2 Å². The van der Waals surface area contributed by atoms with E-state index in [4.69, 9.17) is 19.1 Å². The van der Waals surface area contributed by atoms with Crippen LogP contribution in [0.4, 0.5) is 10.7 Å². The lowest BCUT2D eigenvalue weighted by Crippen LogP contribution is -2.50. The number of ether oxygens (including phenoxy) is 1. The highest BCUT2D eigenvalue weighted by atomic mass is 16.5. The molecule has 0 unspecified atom stereocenters. The van der Waals surface area contributed by atoms with Crippen LogP contribution in [0.2, 0.25) is 0 Å². The van der Waals surface area contributed by atoms with E-state index in [9.17, 15) is 15.0 Å². The number of methoxy groups -OCH3 is 1. The molecule has 2 aromatic heterocycles. The van der Waals surface area contributed by atoms with Gasteiger partial charge in [0.05, 0.1) is 18.8 Å². The van der Waals surface area contributed by atoms with Gasteiger partial charge >= 0.3 is 6.09 Å². The first-order valence-corrected chi connectivity index (χ1v) is 13.0. The predicted octanol–water partition coefficient (Wildman–Crippen LogP) is 5.17. The Labute approximate surface area is 220 Å². The Morgan fingerprint density at radius 2 is 1.76 bits per heavy atom. The topological polar surface area (TPSA) is 121 Å². The summed E-state index contributed by atoms with van der Waals surface area (Å²) < 4.78 is 12.2. The fourth-order valence-corrected chi connectivity index (χ4v) is 5.56. The van der Waals surface area contributed by atoms with Crippen LogP contribution in [0.1, 0.15) is 37.7 Å². The van der Waals surface area contributed by atoms with Crippen LogP contribution in [0.5, 0.6) is 5.88 Å². The zero-order chi connectivity index (χ0) is 26.3. The summed E-state index contributed by atoms with van der Waals surface area (Å²) in [4.78, 5) is 23.0. The van der Waals surface area contributed by atoms with Gasteiger partial charge in [0.1, 0.15) is 11.1 Å². The van der Waals surface area contributed by atoms with Crippen molar-refractivity contribution in [3.05, 3.63) is 60.2 Å². The number of rotatable bonds is 6. The number of piperidine rings is 1. The van der Waals surface area contributed by atoms with Crippen molar-refractivity contribution in [3.8, 4) is 28.3 Å². The number of aromatic nitrogens is 2. The zero-order valence-corrected chi connectivity index (χ0v) is 21.2. The van der Waals surface area contributed by atoms with Gasteiger partial charge in [-0.3, -0.25) is 0 Å². The first kappa shape index (κ1) is 24.2. The quantitative estimate of drug-likeness (QED) is 0.322. The SMILES string of the molecule is COc1nc(N2CCC(O)CC2)nc2oc(-c3ccc(C4(NC(=O)O)CCC4)cc3)c(-c3ccccc3)c12. The van der Waals surface area contributed by atoms with Gasteiger partial charge in [0, 0.05) is 24.2 Å². The normalized spacial score (nSPS) is 17.3. The average Bonchev–Trinajstić information content (AvgIpc) is 3.31. The van der Waals surface area contributed by atoms with Gasteiger partial charge in [0.15, 0.2) is 0 Å². The monoisotopic (exact) mass is 514 g/mol. The molecule has 2 aliphatic rings. The number of anilines is 1. The number of nitrogens with one attached hydrogen (secondary N) is 1. The molecule has 3 N–H and O–H groups in total. The van der Waals surface area contributed by atoms with Crippen LogP contribution in [-0.4, -0.2) is 52.6 Å². The molecule has 1 aliphatic heterocycles. The van der Waals surface area contributed by atoms with Gasteiger partial charge in [-0.05, 0) is 43.2 Å². The Bertz CT molecular complexity index is 1460. The molecule has 0 radical (unpaired) electrons. The smallest absolute Gasteiger partial charge is 0.405 e. The summed E-state index contributed by atoms with van der Waals surface area (Å²) in [6, 6.07) is 17.8. The number of carboxylic acid groups (broad SMARTS) is 1. The minimum absolute atomic E-state index is 0.301. The van der Waals surface area contributed by atoms with Gasteiger partial charge in [-0.2, -0.15) is 9.97 Å². The Hall–Kier alpha value is -4.11. The highest BCUT2D eigenvalue weighted by molar-refractivity contribution is 6.03. The Morgan fingerprint density at radius 1 is 1.05 bits per heavy atom. The fraction of sp³-hybridized carbons (Fsp3) is 0.345. The van der Waals surface area contributed by atoms with Crippen LogP contribution in [-0.2, 0) is 5.54 Å². The maximum atomic E-state index is 11.4. The average molecular weight is 515 g/mol. The molecule has 9 nitrogen and oxygen atoms in total. The molecule has 1 saturated heterocycles.